The van der Waals surface area contributed by atoms with Gasteiger partial charge in [0.1, 0.15) is 5.75 Å². The molecule has 1 N–H and O–H groups in total. The highest BCUT2D eigenvalue weighted by Crippen LogP contribution is 2.29. The Morgan fingerprint density at radius 1 is 1.29 bits per heavy atom. The zero-order chi connectivity index (χ0) is 14.7. The van der Waals surface area contributed by atoms with Crippen LogP contribution in [0.2, 0.25) is 0 Å². The zero-order valence-corrected chi connectivity index (χ0v) is 12.9. The molecule has 1 aromatic carbocycles. The van der Waals surface area contributed by atoms with Crippen LogP contribution in [-0.2, 0) is 13.0 Å². The Labute approximate surface area is 127 Å². The number of nitrogens with one attached hydrogen (secondary N) is 1. The summed E-state index contributed by atoms with van der Waals surface area (Å²) in [7, 11) is 1.68. The van der Waals surface area contributed by atoms with Crippen molar-refractivity contribution in [1.82, 2.24) is 9.97 Å². The average molecular weight is 299 g/mol. The largest absolute Gasteiger partial charge is 0.497 e. The number of aromatic nitrogens is 2. The third-order valence-corrected chi connectivity index (χ3v) is 4.34. The molecule has 5 heteroatoms. The molecule has 0 spiro atoms. The number of methoxy groups -OCH3 is 1. The smallest absolute Gasteiger partial charge is 0.184 e. The normalized spacial score (nSPS) is 10.8. The van der Waals surface area contributed by atoms with Crippen LogP contribution in [0.3, 0.4) is 0 Å². The maximum atomic E-state index is 5.24. The quantitative estimate of drug-likeness (QED) is 0.777. The lowest BCUT2D eigenvalue weighted by atomic mass is 10.1. The van der Waals surface area contributed by atoms with Gasteiger partial charge in [0.05, 0.1) is 29.6 Å². The van der Waals surface area contributed by atoms with Gasteiger partial charge < -0.3 is 10.1 Å². The molecule has 0 radical (unpaired) electrons. The molecule has 0 bridgehead atoms. The number of rotatable bonds is 5. The number of fused-ring (bicyclic) bond motifs is 1. The van der Waals surface area contributed by atoms with Crippen molar-refractivity contribution < 1.29 is 4.74 Å². The molecule has 0 amide bonds. The average Bonchev–Trinajstić information content (AvgIpc) is 2.94. The maximum Gasteiger partial charge on any atom is 0.184 e. The molecular formula is C16H17N3OS. The summed E-state index contributed by atoms with van der Waals surface area (Å²) in [5, 5.41) is 4.27. The van der Waals surface area contributed by atoms with E-state index in [0.29, 0.717) is 6.54 Å². The van der Waals surface area contributed by atoms with E-state index in [4.69, 9.17) is 4.74 Å². The van der Waals surface area contributed by atoms with Crippen LogP contribution in [0.5, 0.6) is 5.75 Å². The number of benzene rings is 1. The van der Waals surface area contributed by atoms with Gasteiger partial charge in [0.15, 0.2) is 5.13 Å². The number of aryl methyl sites for hydroxylation is 1. The van der Waals surface area contributed by atoms with Crippen molar-refractivity contribution in [2.24, 2.45) is 0 Å². The first-order chi connectivity index (χ1) is 10.3. The van der Waals surface area contributed by atoms with Crippen molar-refractivity contribution in [1.29, 1.82) is 0 Å². The van der Waals surface area contributed by atoms with E-state index in [1.54, 1.807) is 18.4 Å². The first kappa shape index (κ1) is 13.8. The van der Waals surface area contributed by atoms with E-state index >= 15 is 0 Å². The molecule has 2 aromatic heterocycles. The van der Waals surface area contributed by atoms with Crippen LogP contribution in [0.25, 0.3) is 10.2 Å². The van der Waals surface area contributed by atoms with E-state index in [1.165, 1.54) is 5.56 Å². The van der Waals surface area contributed by atoms with Gasteiger partial charge in [-0.05, 0) is 36.2 Å². The number of hydrogen-bond acceptors (Lipinski definition) is 5. The lowest BCUT2D eigenvalue weighted by molar-refractivity contribution is 0.415. The molecule has 3 aromatic rings. The molecule has 21 heavy (non-hydrogen) atoms. The molecule has 0 saturated carbocycles. The van der Waals surface area contributed by atoms with Crippen molar-refractivity contribution in [2.75, 3.05) is 12.4 Å². The lowest BCUT2D eigenvalue weighted by Crippen LogP contribution is -2.04. The molecule has 0 aliphatic rings. The lowest BCUT2D eigenvalue weighted by Gasteiger charge is -2.06. The fraction of sp³-hybridized carbons (Fsp3) is 0.250. The monoisotopic (exact) mass is 299 g/mol. The van der Waals surface area contributed by atoms with Crippen LogP contribution in [0.15, 0.2) is 36.5 Å². The minimum atomic E-state index is 0.695. The van der Waals surface area contributed by atoms with Gasteiger partial charge in [0.2, 0.25) is 0 Å². The summed E-state index contributed by atoms with van der Waals surface area (Å²) in [6.07, 6.45) is 2.82. The van der Waals surface area contributed by atoms with Gasteiger partial charge in [-0.3, -0.25) is 4.98 Å². The predicted octanol–water partition coefficient (Wildman–Crippen LogP) is 3.87. The first-order valence-corrected chi connectivity index (χ1v) is 7.73. The molecule has 4 nitrogen and oxygen atoms in total. The van der Waals surface area contributed by atoms with Crippen molar-refractivity contribution in [3.63, 3.8) is 0 Å². The van der Waals surface area contributed by atoms with Gasteiger partial charge in [0, 0.05) is 6.20 Å². The molecule has 0 aliphatic carbocycles. The summed E-state index contributed by atoms with van der Waals surface area (Å²) >= 11 is 1.63. The highest BCUT2D eigenvalue weighted by Gasteiger charge is 2.06. The minimum Gasteiger partial charge on any atom is -0.497 e. The number of nitrogens with zero attached hydrogens (tertiary/aromatic N) is 2. The standard InChI is InChI=1S/C16H17N3OS/c1-3-11-5-4-8-17-14(11)10-18-16-19-13-7-6-12(20-2)9-15(13)21-16/h4-9H,3,10H2,1-2H3,(H,18,19). The van der Waals surface area contributed by atoms with Crippen LogP contribution in [0, 0.1) is 0 Å². The number of anilines is 1. The molecule has 108 valence electrons. The van der Waals surface area contributed by atoms with Crippen molar-refractivity contribution in [3.8, 4) is 5.75 Å². The van der Waals surface area contributed by atoms with E-state index in [9.17, 15) is 0 Å². The predicted molar refractivity (Wildman–Crippen MR) is 87.1 cm³/mol. The third-order valence-electron chi connectivity index (χ3n) is 3.37. The Hall–Kier alpha value is -2.14. The molecular weight excluding hydrogens is 282 g/mol. The Bertz CT molecular complexity index is 754. The topological polar surface area (TPSA) is 47.0 Å². The maximum absolute atomic E-state index is 5.24. The highest BCUT2D eigenvalue weighted by molar-refractivity contribution is 7.22. The fourth-order valence-electron chi connectivity index (χ4n) is 2.22. The van der Waals surface area contributed by atoms with Crippen molar-refractivity contribution >= 4 is 26.7 Å². The van der Waals surface area contributed by atoms with Crippen molar-refractivity contribution in [2.45, 2.75) is 19.9 Å². The molecule has 0 saturated heterocycles. The second kappa shape index (κ2) is 6.10. The van der Waals surface area contributed by atoms with E-state index in [0.717, 1.165) is 33.2 Å². The van der Waals surface area contributed by atoms with E-state index in [-0.39, 0.29) is 0 Å². The third kappa shape index (κ3) is 2.97. The summed E-state index contributed by atoms with van der Waals surface area (Å²) in [6, 6.07) is 10.0. The number of pyridine rings is 1. The van der Waals surface area contributed by atoms with E-state index in [1.807, 2.05) is 30.5 Å². The van der Waals surface area contributed by atoms with Crippen LogP contribution < -0.4 is 10.1 Å². The van der Waals surface area contributed by atoms with Gasteiger partial charge in [-0.15, -0.1) is 0 Å². The van der Waals surface area contributed by atoms with Gasteiger partial charge in [-0.25, -0.2) is 4.98 Å². The van der Waals surface area contributed by atoms with Gasteiger partial charge in [0.25, 0.3) is 0 Å². The Kier molecular flexibility index (Phi) is 4.01. The molecule has 3 rings (SSSR count). The summed E-state index contributed by atoms with van der Waals surface area (Å²) in [5.41, 5.74) is 3.34. The van der Waals surface area contributed by atoms with Crippen LogP contribution in [0.1, 0.15) is 18.2 Å². The SMILES string of the molecule is CCc1cccnc1CNc1nc2ccc(OC)cc2s1. The highest BCUT2D eigenvalue weighted by atomic mass is 32.1. The van der Waals surface area contributed by atoms with Gasteiger partial charge in [-0.2, -0.15) is 0 Å². The molecule has 0 aliphatic heterocycles. The zero-order valence-electron chi connectivity index (χ0n) is 12.1. The van der Waals surface area contributed by atoms with Crippen LogP contribution in [-0.4, -0.2) is 17.1 Å². The molecule has 0 atom stereocenters. The van der Waals surface area contributed by atoms with E-state index < -0.39 is 0 Å². The minimum absolute atomic E-state index is 0.695. The van der Waals surface area contributed by atoms with Crippen molar-refractivity contribution in [3.05, 3.63) is 47.8 Å². The Morgan fingerprint density at radius 3 is 3.00 bits per heavy atom. The number of thiazole rings is 1. The number of ether oxygens (including phenoxy) is 1. The second-order valence-electron chi connectivity index (χ2n) is 4.67. The molecule has 0 unspecified atom stereocenters. The van der Waals surface area contributed by atoms with E-state index in [2.05, 4.69) is 28.3 Å². The fourth-order valence-corrected chi connectivity index (χ4v) is 3.11. The first-order valence-electron chi connectivity index (χ1n) is 6.91. The van der Waals surface area contributed by atoms with Gasteiger partial charge >= 0.3 is 0 Å². The molecule has 0 fully saturated rings. The number of hydrogen-bond donors (Lipinski definition) is 1. The summed E-state index contributed by atoms with van der Waals surface area (Å²) in [5.74, 6) is 0.857. The van der Waals surface area contributed by atoms with Crippen LogP contribution >= 0.6 is 11.3 Å². The summed E-state index contributed by atoms with van der Waals surface area (Å²) < 4.78 is 6.36. The molecule has 2 heterocycles. The van der Waals surface area contributed by atoms with Crippen LogP contribution in [0.4, 0.5) is 5.13 Å². The summed E-state index contributed by atoms with van der Waals surface area (Å²) in [6.45, 7) is 2.84. The Morgan fingerprint density at radius 2 is 2.19 bits per heavy atom. The van der Waals surface area contributed by atoms with Gasteiger partial charge in [-0.1, -0.05) is 24.3 Å². The summed E-state index contributed by atoms with van der Waals surface area (Å²) in [4.78, 5) is 9.02. The Balaban J connectivity index is 1.79. The second-order valence-corrected chi connectivity index (χ2v) is 5.70.